The van der Waals surface area contributed by atoms with Gasteiger partial charge in [-0.1, -0.05) is 0 Å². The van der Waals surface area contributed by atoms with Crippen LogP contribution in [0.1, 0.15) is 6.92 Å². The number of hydrogen-bond acceptors (Lipinski definition) is 3. The minimum atomic E-state index is -2.49. The van der Waals surface area contributed by atoms with Crippen molar-refractivity contribution in [1.29, 1.82) is 0 Å². The first kappa shape index (κ1) is 5.29. The highest BCUT2D eigenvalue weighted by molar-refractivity contribution is 7.60. The highest BCUT2D eigenvalue weighted by Gasteiger charge is 2.50. The normalized spacial score (nSPS) is 49.1. The van der Waals surface area contributed by atoms with Crippen molar-refractivity contribution in [2.75, 3.05) is 7.11 Å². The van der Waals surface area contributed by atoms with Gasteiger partial charge in [-0.25, -0.2) is 0 Å². The second kappa shape index (κ2) is 1.31. The first-order valence-electron chi connectivity index (χ1n) is 2.03. The van der Waals surface area contributed by atoms with Crippen LogP contribution in [0.25, 0.3) is 0 Å². The first-order valence-corrected chi connectivity index (χ1v) is 3.64. The molecule has 3 nitrogen and oxygen atoms in total. The molecule has 1 saturated heterocycles. The Hall–Kier alpha value is 0.150. The molecule has 2 unspecified atom stereocenters. The Balaban J connectivity index is 2.53. The fourth-order valence-electron chi connectivity index (χ4n) is 0.377. The fourth-order valence-corrected chi connectivity index (χ4v) is 1.36. The maximum Gasteiger partial charge on any atom is 0.360 e. The molecule has 0 saturated carbocycles. The lowest BCUT2D eigenvalue weighted by Crippen LogP contribution is -1.67. The van der Waals surface area contributed by atoms with Gasteiger partial charge in [-0.3, -0.25) is 9.09 Å². The average molecular weight is 122 g/mol. The minimum absolute atomic E-state index is 0.155. The largest absolute Gasteiger partial charge is 0.360 e. The monoisotopic (exact) mass is 122 g/mol. The Morgan fingerprint density at radius 2 is 2.29 bits per heavy atom. The van der Waals surface area contributed by atoms with Gasteiger partial charge in [-0.2, -0.15) is 0 Å². The topological polar surface area (TPSA) is 38.8 Å². The maximum absolute atomic E-state index is 10.6. The Morgan fingerprint density at radius 3 is 2.29 bits per heavy atom. The van der Waals surface area contributed by atoms with E-state index in [-0.39, 0.29) is 5.85 Å². The molecule has 0 aromatic heterocycles. The Bertz CT molecular complexity index is 115. The van der Waals surface area contributed by atoms with Crippen LogP contribution in [0.3, 0.4) is 0 Å². The van der Waals surface area contributed by atoms with Crippen molar-refractivity contribution < 1.29 is 13.6 Å². The summed E-state index contributed by atoms with van der Waals surface area (Å²) in [6.07, 6.45) is 0. The summed E-state index contributed by atoms with van der Waals surface area (Å²) in [5, 5.41) is 0. The molecule has 0 spiro atoms. The van der Waals surface area contributed by atoms with Crippen LogP contribution in [0, 0.1) is 0 Å². The zero-order chi connectivity index (χ0) is 5.49. The maximum atomic E-state index is 10.6. The van der Waals surface area contributed by atoms with E-state index < -0.39 is 7.60 Å². The van der Waals surface area contributed by atoms with Crippen molar-refractivity contribution in [2.45, 2.75) is 12.8 Å². The van der Waals surface area contributed by atoms with Gasteiger partial charge in [0.25, 0.3) is 0 Å². The SMILES string of the molecule is COP1(=O)OC1C. The van der Waals surface area contributed by atoms with Gasteiger partial charge in [0.1, 0.15) is 0 Å². The van der Waals surface area contributed by atoms with Crippen LogP contribution in [0.4, 0.5) is 0 Å². The second-order valence-corrected chi connectivity index (χ2v) is 3.81. The Morgan fingerprint density at radius 1 is 1.86 bits per heavy atom. The molecule has 42 valence electrons. The van der Waals surface area contributed by atoms with Crippen LogP contribution in [-0.2, 0) is 13.6 Å². The van der Waals surface area contributed by atoms with E-state index in [1.54, 1.807) is 6.92 Å². The van der Waals surface area contributed by atoms with Gasteiger partial charge in [0.2, 0.25) is 0 Å². The number of rotatable bonds is 1. The molecule has 0 aromatic rings. The van der Waals surface area contributed by atoms with Crippen molar-refractivity contribution in [3.63, 3.8) is 0 Å². The molecule has 0 aromatic carbocycles. The van der Waals surface area contributed by atoms with Crippen molar-refractivity contribution in [1.82, 2.24) is 0 Å². The lowest BCUT2D eigenvalue weighted by molar-refractivity contribution is 0.366. The summed E-state index contributed by atoms with van der Waals surface area (Å²) in [5.74, 6) is -0.155. The molecule has 7 heavy (non-hydrogen) atoms. The molecule has 1 fully saturated rings. The molecule has 1 aliphatic rings. The van der Waals surface area contributed by atoms with E-state index in [9.17, 15) is 4.57 Å². The van der Waals surface area contributed by atoms with Gasteiger partial charge >= 0.3 is 7.60 Å². The third-order valence-corrected chi connectivity index (χ3v) is 2.86. The van der Waals surface area contributed by atoms with E-state index in [1.807, 2.05) is 0 Å². The van der Waals surface area contributed by atoms with E-state index in [4.69, 9.17) is 0 Å². The van der Waals surface area contributed by atoms with Gasteiger partial charge in [-0.05, 0) is 6.92 Å². The van der Waals surface area contributed by atoms with Crippen LogP contribution in [0.15, 0.2) is 0 Å². The molecule has 0 radical (unpaired) electrons. The van der Waals surface area contributed by atoms with E-state index in [0.29, 0.717) is 0 Å². The molecule has 1 aliphatic heterocycles. The van der Waals surface area contributed by atoms with E-state index >= 15 is 0 Å². The third-order valence-electron chi connectivity index (χ3n) is 0.954. The lowest BCUT2D eigenvalue weighted by atomic mass is 10.9. The Labute approximate surface area is 42.2 Å². The van der Waals surface area contributed by atoms with Crippen LogP contribution in [0.2, 0.25) is 0 Å². The molecule has 2 atom stereocenters. The molecule has 4 heteroatoms. The second-order valence-electron chi connectivity index (χ2n) is 1.43. The minimum Gasteiger partial charge on any atom is -0.310 e. The van der Waals surface area contributed by atoms with E-state index in [0.717, 1.165) is 0 Å². The fraction of sp³-hybridized carbons (Fsp3) is 1.00. The molecule has 0 N–H and O–H groups in total. The molecular formula is C3H7O3P. The van der Waals surface area contributed by atoms with Crippen LogP contribution in [-0.4, -0.2) is 13.0 Å². The van der Waals surface area contributed by atoms with E-state index in [1.165, 1.54) is 7.11 Å². The quantitative estimate of drug-likeness (QED) is 0.387. The summed E-state index contributed by atoms with van der Waals surface area (Å²) in [5.41, 5.74) is 0. The molecule has 0 aliphatic carbocycles. The summed E-state index contributed by atoms with van der Waals surface area (Å²) in [7, 11) is -1.09. The molecule has 1 heterocycles. The summed E-state index contributed by atoms with van der Waals surface area (Å²) in [4.78, 5) is 0. The molecular weight excluding hydrogens is 115 g/mol. The third kappa shape index (κ3) is 0.717. The zero-order valence-electron chi connectivity index (χ0n) is 4.25. The lowest BCUT2D eigenvalue weighted by Gasteiger charge is -1.81. The smallest absolute Gasteiger partial charge is 0.310 e. The molecule has 0 amide bonds. The van der Waals surface area contributed by atoms with Gasteiger partial charge in [-0.15, -0.1) is 0 Å². The van der Waals surface area contributed by atoms with Crippen LogP contribution < -0.4 is 0 Å². The molecule has 1 rings (SSSR count). The standard InChI is InChI=1S/C3H7O3P/c1-3-6-7(3,4)5-2/h3H,1-2H3. The zero-order valence-corrected chi connectivity index (χ0v) is 5.14. The summed E-state index contributed by atoms with van der Waals surface area (Å²) in [6.45, 7) is 1.73. The van der Waals surface area contributed by atoms with Crippen molar-refractivity contribution in [3.8, 4) is 0 Å². The van der Waals surface area contributed by atoms with Crippen molar-refractivity contribution >= 4 is 7.60 Å². The highest BCUT2D eigenvalue weighted by Crippen LogP contribution is 2.69. The van der Waals surface area contributed by atoms with Crippen LogP contribution in [0.5, 0.6) is 0 Å². The van der Waals surface area contributed by atoms with E-state index in [2.05, 4.69) is 9.05 Å². The van der Waals surface area contributed by atoms with Gasteiger partial charge in [0.05, 0.1) is 0 Å². The highest BCUT2D eigenvalue weighted by atomic mass is 31.2. The molecule has 0 bridgehead atoms. The summed E-state index contributed by atoms with van der Waals surface area (Å²) < 4.78 is 19.7. The van der Waals surface area contributed by atoms with Gasteiger partial charge < -0.3 is 4.52 Å². The van der Waals surface area contributed by atoms with Gasteiger partial charge in [0.15, 0.2) is 5.85 Å². The predicted octanol–water partition coefficient (Wildman–Crippen LogP) is 1.20. The van der Waals surface area contributed by atoms with Crippen molar-refractivity contribution in [2.24, 2.45) is 0 Å². The Kier molecular flexibility index (Phi) is 0.991. The first-order chi connectivity index (χ1) is 3.19. The summed E-state index contributed by atoms with van der Waals surface area (Å²) in [6, 6.07) is 0. The summed E-state index contributed by atoms with van der Waals surface area (Å²) >= 11 is 0. The van der Waals surface area contributed by atoms with Crippen LogP contribution >= 0.6 is 7.60 Å². The predicted molar refractivity (Wildman–Crippen MR) is 25.2 cm³/mol. The van der Waals surface area contributed by atoms with Gasteiger partial charge in [0, 0.05) is 7.11 Å². The average Bonchev–Trinajstić information content (AvgIpc) is 2.18. The number of hydrogen-bond donors (Lipinski definition) is 0. The van der Waals surface area contributed by atoms with Crippen molar-refractivity contribution in [3.05, 3.63) is 0 Å².